The number of oxime groups is 1. The van der Waals surface area contributed by atoms with Crippen LogP contribution in [0.25, 0.3) is 0 Å². The van der Waals surface area contributed by atoms with Crippen molar-refractivity contribution < 1.29 is 9.63 Å². The summed E-state index contributed by atoms with van der Waals surface area (Å²) in [5.41, 5.74) is 12.8. The Morgan fingerprint density at radius 2 is 1.55 bits per heavy atom. The molecule has 0 saturated heterocycles. The number of nitrogens with zero attached hydrogens (tertiary/aromatic N) is 1. The summed E-state index contributed by atoms with van der Waals surface area (Å²) in [4.78, 5) is 16.5. The summed E-state index contributed by atoms with van der Waals surface area (Å²) < 4.78 is 0. The smallest absolute Gasteiger partial charge is 0.365 e. The van der Waals surface area contributed by atoms with Crippen molar-refractivity contribution in [2.45, 2.75) is 0 Å². The number of nitrogen functional groups attached to an aromatic ring is 1. The Morgan fingerprint density at radius 3 is 2.15 bits per heavy atom. The molecule has 0 fully saturated rings. The molecule has 6 heteroatoms. The molecule has 0 aliphatic carbocycles. The van der Waals surface area contributed by atoms with Gasteiger partial charge in [0.1, 0.15) is 0 Å². The third kappa shape index (κ3) is 3.49. The first-order chi connectivity index (χ1) is 9.56. The van der Waals surface area contributed by atoms with Gasteiger partial charge >= 0.3 is 5.97 Å². The first kappa shape index (κ1) is 13.9. The molecule has 0 aliphatic heterocycles. The third-order valence-corrected chi connectivity index (χ3v) is 2.77. The highest BCUT2D eigenvalue weighted by Gasteiger charge is 2.07. The molecule has 2 aromatic carbocycles. The molecule has 4 N–H and O–H groups in total. The van der Waals surface area contributed by atoms with Crippen LogP contribution in [0.1, 0.15) is 15.9 Å². The molecular formula is C14H12ClN3O2. The topological polar surface area (TPSA) is 90.7 Å². The summed E-state index contributed by atoms with van der Waals surface area (Å²) in [7, 11) is 0. The normalized spacial score (nSPS) is 11.2. The molecule has 20 heavy (non-hydrogen) atoms. The van der Waals surface area contributed by atoms with Gasteiger partial charge in [0.2, 0.25) is 0 Å². The molecule has 2 rings (SSSR count). The molecule has 0 aliphatic rings. The van der Waals surface area contributed by atoms with Crippen molar-refractivity contribution in [1.82, 2.24) is 0 Å². The van der Waals surface area contributed by atoms with E-state index in [4.69, 9.17) is 27.9 Å². The van der Waals surface area contributed by atoms with E-state index in [-0.39, 0.29) is 5.84 Å². The summed E-state index contributed by atoms with van der Waals surface area (Å²) in [5, 5.41) is 4.13. The highest BCUT2D eigenvalue weighted by molar-refractivity contribution is 6.30. The molecule has 0 radical (unpaired) electrons. The Morgan fingerprint density at radius 1 is 1.00 bits per heavy atom. The molecule has 0 atom stereocenters. The Kier molecular flexibility index (Phi) is 4.22. The molecule has 0 bridgehead atoms. The second kappa shape index (κ2) is 6.08. The number of benzene rings is 2. The summed E-state index contributed by atoms with van der Waals surface area (Å²) in [5.74, 6) is -0.521. The summed E-state index contributed by atoms with van der Waals surface area (Å²) in [6, 6.07) is 13.0. The van der Waals surface area contributed by atoms with Gasteiger partial charge in [-0.25, -0.2) is 4.79 Å². The zero-order chi connectivity index (χ0) is 14.5. The van der Waals surface area contributed by atoms with Crippen LogP contribution in [0.5, 0.6) is 0 Å². The minimum atomic E-state index is -0.611. The molecule has 2 aromatic rings. The second-order valence-corrected chi connectivity index (χ2v) is 4.42. The number of rotatable bonds is 3. The lowest BCUT2D eigenvalue weighted by atomic mass is 10.2. The Balaban J connectivity index is 2.06. The highest BCUT2D eigenvalue weighted by Crippen LogP contribution is 2.11. The van der Waals surface area contributed by atoms with E-state index in [0.29, 0.717) is 21.8 Å². The fraction of sp³-hybridized carbons (Fsp3) is 0. The first-order valence-electron chi connectivity index (χ1n) is 5.72. The molecule has 102 valence electrons. The van der Waals surface area contributed by atoms with Gasteiger partial charge in [0, 0.05) is 16.3 Å². The van der Waals surface area contributed by atoms with Crippen molar-refractivity contribution in [3.05, 3.63) is 64.7 Å². The van der Waals surface area contributed by atoms with Crippen LogP contribution in [0.2, 0.25) is 5.02 Å². The summed E-state index contributed by atoms with van der Waals surface area (Å²) in [6.45, 7) is 0. The Bertz CT molecular complexity index is 636. The summed E-state index contributed by atoms with van der Waals surface area (Å²) >= 11 is 5.73. The van der Waals surface area contributed by atoms with Crippen LogP contribution in [-0.4, -0.2) is 11.8 Å². The SMILES string of the molecule is NC(=NOC(=O)c1ccc(Cl)cc1)c1ccc(N)cc1. The van der Waals surface area contributed by atoms with E-state index in [9.17, 15) is 4.79 Å². The number of carbonyl (C=O) groups excluding carboxylic acids is 1. The average Bonchev–Trinajstić information content (AvgIpc) is 2.46. The minimum Gasteiger partial charge on any atom is -0.399 e. The van der Waals surface area contributed by atoms with E-state index in [2.05, 4.69) is 5.16 Å². The number of halogens is 1. The van der Waals surface area contributed by atoms with Crippen molar-refractivity contribution in [3.63, 3.8) is 0 Å². The quantitative estimate of drug-likeness (QED) is 0.298. The zero-order valence-corrected chi connectivity index (χ0v) is 11.2. The number of amidine groups is 1. The monoisotopic (exact) mass is 289 g/mol. The molecule has 5 nitrogen and oxygen atoms in total. The number of anilines is 1. The van der Waals surface area contributed by atoms with Crippen LogP contribution < -0.4 is 11.5 Å². The average molecular weight is 290 g/mol. The van der Waals surface area contributed by atoms with Gasteiger partial charge in [-0.2, -0.15) is 0 Å². The van der Waals surface area contributed by atoms with Gasteiger partial charge in [-0.1, -0.05) is 16.8 Å². The van der Waals surface area contributed by atoms with Crippen LogP contribution in [0.15, 0.2) is 53.7 Å². The maximum Gasteiger partial charge on any atom is 0.365 e. The van der Waals surface area contributed by atoms with Gasteiger partial charge in [0.15, 0.2) is 5.84 Å². The van der Waals surface area contributed by atoms with E-state index in [0.717, 1.165) is 0 Å². The second-order valence-electron chi connectivity index (χ2n) is 3.98. The fourth-order valence-electron chi connectivity index (χ4n) is 1.44. The fourth-order valence-corrected chi connectivity index (χ4v) is 1.56. The number of hydrogen-bond donors (Lipinski definition) is 2. The van der Waals surface area contributed by atoms with Crippen LogP contribution in [0, 0.1) is 0 Å². The maximum atomic E-state index is 11.7. The van der Waals surface area contributed by atoms with E-state index in [1.165, 1.54) is 0 Å². The number of hydrogen-bond acceptors (Lipinski definition) is 4. The largest absolute Gasteiger partial charge is 0.399 e. The van der Waals surface area contributed by atoms with Crippen LogP contribution in [0.3, 0.4) is 0 Å². The molecule has 0 saturated carbocycles. The molecular weight excluding hydrogens is 278 g/mol. The number of nitrogens with two attached hydrogens (primary N) is 2. The highest BCUT2D eigenvalue weighted by atomic mass is 35.5. The maximum absolute atomic E-state index is 11.7. The van der Waals surface area contributed by atoms with E-state index in [1.54, 1.807) is 48.5 Å². The lowest BCUT2D eigenvalue weighted by molar-refractivity contribution is 0.0516. The van der Waals surface area contributed by atoms with E-state index < -0.39 is 5.97 Å². The van der Waals surface area contributed by atoms with Gasteiger partial charge in [0.25, 0.3) is 0 Å². The van der Waals surface area contributed by atoms with Crippen LogP contribution >= 0.6 is 11.6 Å². The lowest BCUT2D eigenvalue weighted by Crippen LogP contribution is -2.15. The van der Waals surface area contributed by atoms with Gasteiger partial charge in [-0.15, -0.1) is 0 Å². The first-order valence-corrected chi connectivity index (χ1v) is 6.10. The van der Waals surface area contributed by atoms with E-state index in [1.807, 2.05) is 0 Å². The molecule has 0 amide bonds. The van der Waals surface area contributed by atoms with Crippen LogP contribution in [-0.2, 0) is 4.84 Å². The number of carbonyl (C=O) groups is 1. The minimum absolute atomic E-state index is 0.0901. The predicted molar refractivity (Wildman–Crippen MR) is 78.4 cm³/mol. The van der Waals surface area contributed by atoms with Crippen molar-refractivity contribution in [3.8, 4) is 0 Å². The van der Waals surface area contributed by atoms with Crippen molar-refractivity contribution in [2.24, 2.45) is 10.9 Å². The Hall–Kier alpha value is -2.53. The van der Waals surface area contributed by atoms with Crippen LogP contribution in [0.4, 0.5) is 5.69 Å². The Labute approximate surface area is 120 Å². The third-order valence-electron chi connectivity index (χ3n) is 2.51. The van der Waals surface area contributed by atoms with Gasteiger partial charge in [0.05, 0.1) is 5.56 Å². The predicted octanol–water partition coefficient (Wildman–Crippen LogP) is 2.40. The van der Waals surface area contributed by atoms with Crippen molar-refractivity contribution in [2.75, 3.05) is 5.73 Å². The molecule has 0 aromatic heterocycles. The summed E-state index contributed by atoms with van der Waals surface area (Å²) in [6.07, 6.45) is 0. The van der Waals surface area contributed by atoms with Gasteiger partial charge in [-0.3, -0.25) is 0 Å². The lowest BCUT2D eigenvalue weighted by Gasteiger charge is -2.02. The van der Waals surface area contributed by atoms with Gasteiger partial charge < -0.3 is 16.3 Å². The standard InChI is InChI=1S/C14H12ClN3O2/c15-11-5-1-10(2-6-11)14(19)20-18-13(17)9-3-7-12(16)8-4-9/h1-8H,16H2,(H2,17,18). The van der Waals surface area contributed by atoms with Crippen molar-refractivity contribution in [1.29, 1.82) is 0 Å². The molecule has 0 heterocycles. The zero-order valence-electron chi connectivity index (χ0n) is 10.4. The van der Waals surface area contributed by atoms with E-state index >= 15 is 0 Å². The van der Waals surface area contributed by atoms with Gasteiger partial charge in [-0.05, 0) is 48.5 Å². The molecule has 0 unspecified atom stereocenters. The molecule has 0 spiro atoms. The van der Waals surface area contributed by atoms with Crippen molar-refractivity contribution >= 4 is 29.1 Å².